The Morgan fingerprint density at radius 2 is 1.69 bits per heavy atom. The molecular weight excluding hydrogens is 381 g/mol. The van der Waals surface area contributed by atoms with Crippen molar-refractivity contribution in [3.63, 3.8) is 0 Å². The van der Waals surface area contributed by atoms with Gasteiger partial charge in [-0.05, 0) is 40.7 Å². The predicted molar refractivity (Wildman–Crippen MR) is 100.0 cm³/mol. The molecule has 144 valence electrons. The maximum Gasteiger partial charge on any atom is 0.408 e. The molecule has 0 heterocycles. The standard InChI is InChI=1S/C17H23Cl2N3O4/c1-16(2,3)26-15(25)21-12(9-7-6-8-10(18)11(9)19)13(23)22-17(4,5)14(20)24/h6-8,12H,1-5H3,(H2,20,24)(H,21,25)(H,22,23). The molecule has 0 spiro atoms. The van der Waals surface area contributed by atoms with Gasteiger partial charge in [0, 0.05) is 5.56 Å². The van der Waals surface area contributed by atoms with Crippen LogP contribution in [0.5, 0.6) is 0 Å². The second-order valence-electron chi connectivity index (χ2n) is 7.20. The second kappa shape index (κ2) is 8.14. The number of primary amides is 1. The molecule has 0 bridgehead atoms. The Morgan fingerprint density at radius 3 is 2.19 bits per heavy atom. The molecule has 1 rings (SSSR count). The van der Waals surface area contributed by atoms with E-state index < -0.39 is 35.1 Å². The minimum Gasteiger partial charge on any atom is -0.444 e. The summed E-state index contributed by atoms with van der Waals surface area (Å²) in [7, 11) is 0. The lowest BCUT2D eigenvalue weighted by molar-refractivity contribution is -0.131. The molecule has 7 nitrogen and oxygen atoms in total. The van der Waals surface area contributed by atoms with Gasteiger partial charge in [-0.25, -0.2) is 4.79 Å². The van der Waals surface area contributed by atoms with Crippen LogP contribution in [0.1, 0.15) is 46.2 Å². The van der Waals surface area contributed by atoms with Gasteiger partial charge in [-0.1, -0.05) is 35.3 Å². The van der Waals surface area contributed by atoms with Gasteiger partial charge >= 0.3 is 6.09 Å². The van der Waals surface area contributed by atoms with Crippen molar-refractivity contribution in [3.05, 3.63) is 33.8 Å². The van der Waals surface area contributed by atoms with Crippen LogP contribution < -0.4 is 16.4 Å². The van der Waals surface area contributed by atoms with Crippen molar-refractivity contribution in [1.29, 1.82) is 0 Å². The number of amides is 3. The number of ether oxygens (including phenoxy) is 1. The lowest BCUT2D eigenvalue weighted by Gasteiger charge is -2.28. The largest absolute Gasteiger partial charge is 0.444 e. The van der Waals surface area contributed by atoms with Crippen molar-refractivity contribution in [1.82, 2.24) is 10.6 Å². The lowest BCUT2D eigenvalue weighted by Crippen LogP contribution is -2.56. The number of hydrogen-bond acceptors (Lipinski definition) is 4. The first-order chi connectivity index (χ1) is 11.7. The molecule has 26 heavy (non-hydrogen) atoms. The van der Waals surface area contributed by atoms with Crippen molar-refractivity contribution in [3.8, 4) is 0 Å². The third-order valence-corrected chi connectivity index (χ3v) is 4.10. The Hall–Kier alpha value is -1.99. The van der Waals surface area contributed by atoms with E-state index >= 15 is 0 Å². The molecule has 3 amide bonds. The molecule has 0 saturated carbocycles. The number of carbonyl (C=O) groups excluding carboxylic acids is 3. The summed E-state index contributed by atoms with van der Waals surface area (Å²) in [4.78, 5) is 36.4. The third-order valence-electron chi connectivity index (χ3n) is 3.27. The predicted octanol–water partition coefficient (Wildman–Crippen LogP) is 2.94. The number of carbonyl (C=O) groups is 3. The monoisotopic (exact) mass is 403 g/mol. The molecule has 9 heteroatoms. The molecule has 0 aliphatic carbocycles. The zero-order chi connectivity index (χ0) is 20.3. The summed E-state index contributed by atoms with van der Waals surface area (Å²) in [6.07, 6.45) is -0.828. The Bertz CT molecular complexity index is 714. The van der Waals surface area contributed by atoms with Crippen LogP contribution in [0.4, 0.5) is 4.79 Å². The van der Waals surface area contributed by atoms with Gasteiger partial charge in [0.2, 0.25) is 11.8 Å². The Balaban J connectivity index is 3.21. The van der Waals surface area contributed by atoms with Crippen LogP contribution in [0.25, 0.3) is 0 Å². The fourth-order valence-electron chi connectivity index (χ4n) is 1.90. The van der Waals surface area contributed by atoms with E-state index in [1.165, 1.54) is 19.9 Å². The summed E-state index contributed by atoms with van der Waals surface area (Å²) in [6, 6.07) is 3.42. The highest BCUT2D eigenvalue weighted by Gasteiger charge is 2.34. The highest BCUT2D eigenvalue weighted by atomic mass is 35.5. The van der Waals surface area contributed by atoms with Gasteiger partial charge in [0.25, 0.3) is 0 Å². The molecule has 1 aromatic rings. The van der Waals surface area contributed by atoms with Gasteiger partial charge in [0.1, 0.15) is 17.2 Å². The number of benzene rings is 1. The van der Waals surface area contributed by atoms with E-state index in [-0.39, 0.29) is 15.6 Å². The first-order valence-electron chi connectivity index (χ1n) is 7.80. The summed E-state index contributed by atoms with van der Waals surface area (Å²) in [5, 5.41) is 5.24. The highest BCUT2D eigenvalue weighted by Crippen LogP contribution is 2.30. The first-order valence-corrected chi connectivity index (χ1v) is 8.55. The minimum absolute atomic E-state index is 0.0993. The number of alkyl carbamates (subject to hydrolysis) is 1. The quantitative estimate of drug-likeness (QED) is 0.701. The van der Waals surface area contributed by atoms with Crippen molar-refractivity contribution in [2.75, 3.05) is 0 Å². The van der Waals surface area contributed by atoms with E-state index in [0.29, 0.717) is 0 Å². The van der Waals surface area contributed by atoms with Crippen molar-refractivity contribution >= 4 is 41.1 Å². The lowest BCUT2D eigenvalue weighted by atomic mass is 10.0. The van der Waals surface area contributed by atoms with Crippen LogP contribution in [-0.2, 0) is 14.3 Å². The molecule has 1 unspecified atom stereocenters. The molecule has 0 fully saturated rings. The topological polar surface area (TPSA) is 111 Å². The summed E-state index contributed by atoms with van der Waals surface area (Å²) in [5.74, 6) is -1.43. The Labute approximate surface area is 162 Å². The van der Waals surface area contributed by atoms with Crippen LogP contribution in [0.3, 0.4) is 0 Å². The fourth-order valence-corrected chi connectivity index (χ4v) is 2.31. The van der Waals surface area contributed by atoms with E-state index in [9.17, 15) is 14.4 Å². The van der Waals surface area contributed by atoms with E-state index in [1.54, 1.807) is 32.9 Å². The van der Waals surface area contributed by atoms with Crippen LogP contribution in [0.15, 0.2) is 18.2 Å². The summed E-state index contributed by atoms with van der Waals surface area (Å²) < 4.78 is 5.19. The smallest absolute Gasteiger partial charge is 0.408 e. The van der Waals surface area contributed by atoms with Crippen molar-refractivity contribution in [2.45, 2.75) is 51.8 Å². The average molecular weight is 404 g/mol. The molecule has 0 aliphatic heterocycles. The minimum atomic E-state index is -1.34. The number of hydrogen-bond donors (Lipinski definition) is 3. The number of nitrogens with two attached hydrogens (primary N) is 1. The number of rotatable bonds is 5. The number of nitrogens with one attached hydrogen (secondary N) is 2. The zero-order valence-electron chi connectivity index (χ0n) is 15.3. The van der Waals surface area contributed by atoms with Gasteiger partial charge in [-0.15, -0.1) is 0 Å². The van der Waals surface area contributed by atoms with Crippen LogP contribution in [0.2, 0.25) is 10.0 Å². The van der Waals surface area contributed by atoms with Crippen LogP contribution in [-0.4, -0.2) is 29.0 Å². The van der Waals surface area contributed by atoms with Gasteiger partial charge in [0.15, 0.2) is 0 Å². The maximum atomic E-state index is 12.7. The second-order valence-corrected chi connectivity index (χ2v) is 7.99. The van der Waals surface area contributed by atoms with Crippen molar-refractivity contribution < 1.29 is 19.1 Å². The molecule has 4 N–H and O–H groups in total. The number of halogens is 2. The van der Waals surface area contributed by atoms with Crippen molar-refractivity contribution in [2.24, 2.45) is 5.73 Å². The summed E-state index contributed by atoms with van der Waals surface area (Å²) >= 11 is 12.2. The van der Waals surface area contributed by atoms with Gasteiger partial charge < -0.3 is 21.1 Å². The third kappa shape index (κ3) is 6.07. The van der Waals surface area contributed by atoms with E-state index in [4.69, 9.17) is 33.7 Å². The van der Waals surface area contributed by atoms with E-state index in [2.05, 4.69) is 10.6 Å². The molecule has 0 radical (unpaired) electrons. The average Bonchev–Trinajstić information content (AvgIpc) is 2.45. The molecule has 0 aliphatic rings. The molecule has 1 aromatic carbocycles. The fraction of sp³-hybridized carbons (Fsp3) is 0.471. The molecule has 0 aromatic heterocycles. The molecular formula is C17H23Cl2N3O4. The molecule has 1 atom stereocenters. The first kappa shape index (κ1) is 22.1. The van der Waals surface area contributed by atoms with E-state index in [0.717, 1.165) is 0 Å². The van der Waals surface area contributed by atoms with Crippen LogP contribution >= 0.6 is 23.2 Å². The van der Waals surface area contributed by atoms with Crippen LogP contribution in [0, 0.1) is 0 Å². The van der Waals surface area contributed by atoms with E-state index in [1.807, 2.05) is 0 Å². The maximum absolute atomic E-state index is 12.7. The molecule has 0 saturated heterocycles. The Kier molecular flexibility index (Phi) is 6.90. The van der Waals surface area contributed by atoms with Gasteiger partial charge in [-0.3, -0.25) is 9.59 Å². The Morgan fingerprint density at radius 1 is 1.12 bits per heavy atom. The summed E-state index contributed by atoms with van der Waals surface area (Å²) in [5.41, 5.74) is 3.43. The SMILES string of the molecule is CC(C)(C)OC(=O)NC(C(=O)NC(C)(C)C(N)=O)c1cccc(Cl)c1Cl. The summed E-state index contributed by atoms with van der Waals surface area (Å²) in [6.45, 7) is 7.94. The highest BCUT2D eigenvalue weighted by molar-refractivity contribution is 6.42. The normalized spacial score (nSPS) is 12.9. The van der Waals surface area contributed by atoms with Gasteiger partial charge in [-0.2, -0.15) is 0 Å². The van der Waals surface area contributed by atoms with Gasteiger partial charge in [0.05, 0.1) is 10.0 Å². The zero-order valence-corrected chi connectivity index (χ0v) is 16.8.